The van der Waals surface area contributed by atoms with Crippen molar-refractivity contribution in [1.82, 2.24) is 10.2 Å². The summed E-state index contributed by atoms with van der Waals surface area (Å²) in [6.45, 7) is 2.06. The maximum Gasteiger partial charge on any atom is 0.153 e. The zero-order valence-electron chi connectivity index (χ0n) is 7.94. The van der Waals surface area contributed by atoms with E-state index >= 15 is 0 Å². The van der Waals surface area contributed by atoms with Gasteiger partial charge >= 0.3 is 0 Å². The second-order valence-electron chi connectivity index (χ2n) is 3.10. The second kappa shape index (κ2) is 3.87. The predicted molar refractivity (Wildman–Crippen MR) is 56.5 cm³/mol. The minimum absolute atomic E-state index is 0.762. The fourth-order valence-corrected chi connectivity index (χ4v) is 1.24. The van der Waals surface area contributed by atoms with Crippen molar-refractivity contribution in [2.24, 2.45) is 0 Å². The van der Waals surface area contributed by atoms with Gasteiger partial charge in [0.15, 0.2) is 5.82 Å². The highest BCUT2D eigenvalue weighted by Gasteiger charge is 1.94. The Labute approximate surface area is 82.8 Å². The summed E-state index contributed by atoms with van der Waals surface area (Å²) in [6, 6.07) is 11.9. The molecule has 0 bridgehead atoms. The molecule has 0 atom stereocenters. The molecule has 0 saturated carbocycles. The molecule has 1 N–H and O–H groups in total. The third-order valence-electron chi connectivity index (χ3n) is 1.86. The Bertz CT molecular complexity index is 412. The minimum Gasteiger partial charge on any atom is -0.339 e. The Kier molecular flexibility index (Phi) is 2.40. The lowest BCUT2D eigenvalue weighted by molar-refractivity contribution is 1.04. The lowest BCUT2D eigenvalue weighted by Gasteiger charge is -2.04. The molecule has 1 aromatic carbocycles. The topological polar surface area (TPSA) is 37.8 Å². The first-order chi connectivity index (χ1) is 6.84. The summed E-state index contributed by atoms with van der Waals surface area (Å²) in [6.07, 6.45) is 1.65. The largest absolute Gasteiger partial charge is 0.339 e. The monoisotopic (exact) mass is 185 g/mol. The maximum atomic E-state index is 3.94. The number of nitrogens with zero attached hydrogens (tertiary/aromatic N) is 2. The molecule has 70 valence electrons. The van der Waals surface area contributed by atoms with Crippen molar-refractivity contribution in [2.75, 3.05) is 5.32 Å². The standard InChI is InChI=1S/C11H11N3/c1-9-4-2-5-10(8-9)13-11-6-3-7-12-14-11/h2-8H,1H3,(H,13,14). The molecule has 14 heavy (non-hydrogen) atoms. The SMILES string of the molecule is Cc1cccc(Nc2cccnn2)c1. The molecule has 2 aromatic rings. The van der Waals surface area contributed by atoms with Gasteiger partial charge < -0.3 is 5.32 Å². The molecule has 0 radical (unpaired) electrons. The van der Waals surface area contributed by atoms with Gasteiger partial charge in [0.2, 0.25) is 0 Å². The molecule has 0 fully saturated rings. The number of aromatic nitrogens is 2. The first kappa shape index (κ1) is 8.69. The van der Waals surface area contributed by atoms with E-state index in [4.69, 9.17) is 0 Å². The Morgan fingerprint density at radius 3 is 2.79 bits per heavy atom. The van der Waals surface area contributed by atoms with Crippen LogP contribution >= 0.6 is 0 Å². The van der Waals surface area contributed by atoms with Crippen LogP contribution in [0.4, 0.5) is 11.5 Å². The summed E-state index contributed by atoms with van der Waals surface area (Å²) >= 11 is 0. The molecular formula is C11H11N3. The van der Waals surface area contributed by atoms with E-state index in [1.54, 1.807) is 6.20 Å². The predicted octanol–water partition coefficient (Wildman–Crippen LogP) is 2.53. The van der Waals surface area contributed by atoms with Gasteiger partial charge in [-0.3, -0.25) is 0 Å². The van der Waals surface area contributed by atoms with Crippen LogP contribution in [-0.4, -0.2) is 10.2 Å². The molecule has 1 aromatic heterocycles. The molecule has 0 unspecified atom stereocenters. The smallest absolute Gasteiger partial charge is 0.153 e. The van der Waals surface area contributed by atoms with Gasteiger partial charge in [-0.05, 0) is 36.8 Å². The zero-order chi connectivity index (χ0) is 9.80. The maximum absolute atomic E-state index is 3.94. The fourth-order valence-electron chi connectivity index (χ4n) is 1.24. The average Bonchev–Trinajstić information content (AvgIpc) is 2.19. The van der Waals surface area contributed by atoms with E-state index < -0.39 is 0 Å². The zero-order valence-corrected chi connectivity index (χ0v) is 7.94. The molecule has 0 aliphatic carbocycles. The Hall–Kier alpha value is -1.90. The number of aryl methyl sites for hydroxylation is 1. The normalized spacial score (nSPS) is 9.79. The van der Waals surface area contributed by atoms with Crippen LogP contribution in [0.3, 0.4) is 0 Å². The highest BCUT2D eigenvalue weighted by Crippen LogP contribution is 2.14. The van der Waals surface area contributed by atoms with Crippen molar-refractivity contribution in [3.63, 3.8) is 0 Å². The molecule has 3 nitrogen and oxygen atoms in total. The van der Waals surface area contributed by atoms with Crippen molar-refractivity contribution >= 4 is 11.5 Å². The Morgan fingerprint density at radius 1 is 1.14 bits per heavy atom. The van der Waals surface area contributed by atoms with E-state index in [-0.39, 0.29) is 0 Å². The van der Waals surface area contributed by atoms with Crippen molar-refractivity contribution < 1.29 is 0 Å². The van der Waals surface area contributed by atoms with Crippen LogP contribution in [0, 0.1) is 6.92 Å². The Balaban J connectivity index is 2.19. The summed E-state index contributed by atoms with van der Waals surface area (Å²) in [5.74, 6) is 0.762. The van der Waals surface area contributed by atoms with Crippen LogP contribution in [0.5, 0.6) is 0 Å². The van der Waals surface area contributed by atoms with E-state index in [9.17, 15) is 0 Å². The molecule has 3 heteroatoms. The third kappa shape index (κ3) is 2.07. The van der Waals surface area contributed by atoms with Gasteiger partial charge in [0, 0.05) is 11.9 Å². The van der Waals surface area contributed by atoms with Crippen LogP contribution in [-0.2, 0) is 0 Å². The number of hydrogen-bond acceptors (Lipinski definition) is 3. The van der Waals surface area contributed by atoms with Gasteiger partial charge in [0.05, 0.1) is 0 Å². The van der Waals surface area contributed by atoms with E-state index in [1.807, 2.05) is 24.3 Å². The Morgan fingerprint density at radius 2 is 2.07 bits per heavy atom. The summed E-state index contributed by atoms with van der Waals surface area (Å²) in [5.41, 5.74) is 2.25. The van der Waals surface area contributed by atoms with Crippen molar-refractivity contribution in [3.8, 4) is 0 Å². The minimum atomic E-state index is 0.762. The highest BCUT2D eigenvalue weighted by atomic mass is 15.2. The van der Waals surface area contributed by atoms with Crippen LogP contribution < -0.4 is 5.32 Å². The fraction of sp³-hybridized carbons (Fsp3) is 0.0909. The molecule has 2 rings (SSSR count). The molecule has 1 heterocycles. The molecule has 0 amide bonds. The molecule has 0 aliphatic rings. The number of benzene rings is 1. The van der Waals surface area contributed by atoms with Crippen molar-refractivity contribution in [3.05, 3.63) is 48.2 Å². The van der Waals surface area contributed by atoms with E-state index in [2.05, 4.69) is 34.6 Å². The first-order valence-electron chi connectivity index (χ1n) is 4.46. The summed E-state index contributed by atoms with van der Waals surface area (Å²) in [4.78, 5) is 0. The average molecular weight is 185 g/mol. The number of anilines is 2. The quantitative estimate of drug-likeness (QED) is 0.781. The highest BCUT2D eigenvalue weighted by molar-refractivity contribution is 5.56. The first-order valence-corrected chi connectivity index (χ1v) is 4.46. The van der Waals surface area contributed by atoms with Gasteiger partial charge in [-0.1, -0.05) is 12.1 Å². The van der Waals surface area contributed by atoms with E-state index in [0.717, 1.165) is 11.5 Å². The van der Waals surface area contributed by atoms with Crippen LogP contribution in [0.25, 0.3) is 0 Å². The molecule has 0 aliphatic heterocycles. The summed E-state index contributed by atoms with van der Waals surface area (Å²) in [5, 5.41) is 10.9. The number of rotatable bonds is 2. The number of nitrogens with one attached hydrogen (secondary N) is 1. The van der Waals surface area contributed by atoms with Gasteiger partial charge in [0.25, 0.3) is 0 Å². The van der Waals surface area contributed by atoms with Crippen LogP contribution in [0.1, 0.15) is 5.56 Å². The number of hydrogen-bond donors (Lipinski definition) is 1. The molecule has 0 saturated heterocycles. The summed E-state index contributed by atoms with van der Waals surface area (Å²) < 4.78 is 0. The molecule has 0 spiro atoms. The van der Waals surface area contributed by atoms with Crippen molar-refractivity contribution in [2.45, 2.75) is 6.92 Å². The van der Waals surface area contributed by atoms with Crippen molar-refractivity contribution in [1.29, 1.82) is 0 Å². The lowest BCUT2D eigenvalue weighted by Crippen LogP contribution is -1.94. The van der Waals surface area contributed by atoms with Gasteiger partial charge in [0.1, 0.15) is 0 Å². The summed E-state index contributed by atoms with van der Waals surface area (Å²) in [7, 11) is 0. The second-order valence-corrected chi connectivity index (χ2v) is 3.10. The van der Waals surface area contributed by atoms with Gasteiger partial charge in [-0.25, -0.2) is 0 Å². The lowest BCUT2D eigenvalue weighted by atomic mass is 10.2. The van der Waals surface area contributed by atoms with Crippen LogP contribution in [0.15, 0.2) is 42.6 Å². The van der Waals surface area contributed by atoms with Crippen LogP contribution in [0.2, 0.25) is 0 Å². The van der Waals surface area contributed by atoms with E-state index in [0.29, 0.717) is 0 Å². The van der Waals surface area contributed by atoms with Gasteiger partial charge in [-0.2, -0.15) is 5.10 Å². The molecular weight excluding hydrogens is 174 g/mol. The van der Waals surface area contributed by atoms with Gasteiger partial charge in [-0.15, -0.1) is 5.10 Å². The third-order valence-corrected chi connectivity index (χ3v) is 1.86. The van der Waals surface area contributed by atoms with E-state index in [1.165, 1.54) is 5.56 Å².